The molecular weight excluding hydrogens is 390 g/mol. The molecule has 0 bridgehead atoms. The number of rotatable bonds is 7. The summed E-state index contributed by atoms with van der Waals surface area (Å²) in [7, 11) is 0. The fraction of sp³-hybridized carbons (Fsp3) is 0.400. The molecular formula is C20H23N5O5. The fourth-order valence-electron chi connectivity index (χ4n) is 3.61. The number of furan rings is 1. The maximum Gasteiger partial charge on any atom is 0.437 e. The van der Waals surface area contributed by atoms with Crippen LogP contribution in [0.25, 0.3) is 0 Å². The average molecular weight is 413 g/mol. The molecule has 3 heterocycles. The van der Waals surface area contributed by atoms with Crippen molar-refractivity contribution in [3.63, 3.8) is 0 Å². The second-order valence-electron chi connectivity index (χ2n) is 7.18. The average Bonchev–Trinajstić information content (AvgIpc) is 3.39. The predicted octanol–water partition coefficient (Wildman–Crippen LogP) is 3.35. The Morgan fingerprint density at radius 3 is 2.50 bits per heavy atom. The van der Waals surface area contributed by atoms with E-state index in [0.717, 1.165) is 37.3 Å². The van der Waals surface area contributed by atoms with Crippen molar-refractivity contribution in [1.82, 2.24) is 9.78 Å². The van der Waals surface area contributed by atoms with E-state index in [2.05, 4.69) is 15.3 Å². The van der Waals surface area contributed by atoms with Crippen molar-refractivity contribution in [2.24, 2.45) is 0 Å². The summed E-state index contributed by atoms with van der Waals surface area (Å²) in [6.45, 7) is 4.46. The van der Waals surface area contributed by atoms with Gasteiger partial charge in [-0.05, 0) is 50.1 Å². The summed E-state index contributed by atoms with van der Waals surface area (Å²) in [6.07, 6.45) is 1.75. The molecule has 3 aromatic rings. The minimum atomic E-state index is -0.551. The van der Waals surface area contributed by atoms with E-state index in [0.29, 0.717) is 24.7 Å². The molecule has 1 saturated heterocycles. The molecule has 0 radical (unpaired) electrons. The van der Waals surface area contributed by atoms with Gasteiger partial charge in [0.15, 0.2) is 0 Å². The molecule has 2 aromatic heterocycles. The summed E-state index contributed by atoms with van der Waals surface area (Å²) in [4.78, 5) is 24.1. The van der Waals surface area contributed by atoms with Crippen molar-refractivity contribution in [2.75, 3.05) is 23.3 Å². The summed E-state index contributed by atoms with van der Waals surface area (Å²) in [5.41, 5.74) is 2.02. The van der Waals surface area contributed by atoms with Crippen LogP contribution in [-0.2, 0) is 13.1 Å². The summed E-state index contributed by atoms with van der Waals surface area (Å²) in [5, 5.41) is 18.2. The number of nitrogens with one attached hydrogen (secondary N) is 1. The Kier molecular flexibility index (Phi) is 5.55. The van der Waals surface area contributed by atoms with Gasteiger partial charge in [-0.2, -0.15) is 4.68 Å². The van der Waals surface area contributed by atoms with E-state index >= 15 is 0 Å². The molecule has 10 heteroatoms. The Morgan fingerprint density at radius 2 is 1.90 bits per heavy atom. The minimum absolute atomic E-state index is 0.167. The Labute approximate surface area is 172 Å². The maximum atomic E-state index is 11.7. The number of nitro groups is 1. The molecule has 1 N–H and O–H groups in total. The van der Waals surface area contributed by atoms with Crippen molar-refractivity contribution in [3.05, 3.63) is 68.7 Å². The molecule has 0 saturated carbocycles. The highest BCUT2D eigenvalue weighted by atomic mass is 16.6. The lowest BCUT2D eigenvalue weighted by molar-refractivity contribution is -0.402. The third kappa shape index (κ3) is 4.22. The molecule has 30 heavy (non-hydrogen) atoms. The molecule has 0 unspecified atom stereocenters. The number of aryl methyl sites for hydroxylation is 1. The first-order chi connectivity index (χ1) is 14.5. The number of hydrogen-bond donors (Lipinski definition) is 1. The smallest absolute Gasteiger partial charge is 0.404 e. The number of nitrogens with zero attached hydrogens (tertiary/aromatic N) is 4. The van der Waals surface area contributed by atoms with Gasteiger partial charge in [-0.15, -0.1) is 5.10 Å². The van der Waals surface area contributed by atoms with Gasteiger partial charge in [-0.25, -0.2) is 4.79 Å². The molecule has 1 aromatic carbocycles. The maximum absolute atomic E-state index is 11.7. The van der Waals surface area contributed by atoms with Crippen LogP contribution in [0.4, 0.5) is 17.3 Å². The Hall–Kier alpha value is -3.56. The van der Waals surface area contributed by atoms with Crippen molar-refractivity contribution in [2.45, 2.75) is 38.8 Å². The predicted molar refractivity (Wildman–Crippen MR) is 110 cm³/mol. The zero-order chi connectivity index (χ0) is 21.1. The van der Waals surface area contributed by atoms with E-state index in [1.165, 1.54) is 10.7 Å². The first-order valence-electron chi connectivity index (χ1n) is 9.93. The number of aromatic nitrogens is 2. The summed E-state index contributed by atoms with van der Waals surface area (Å²) < 4.78 is 11.8. The SMILES string of the molecule is CCn1nc(C2CCN(c3ccc(NCc4ccc([N+](=O)[O-])o4)cc3)CC2)oc1=O. The van der Waals surface area contributed by atoms with Gasteiger partial charge in [0.1, 0.15) is 10.7 Å². The molecule has 1 fully saturated rings. The third-order valence-electron chi connectivity index (χ3n) is 5.29. The van der Waals surface area contributed by atoms with Gasteiger partial charge in [0.2, 0.25) is 5.89 Å². The molecule has 0 atom stereocenters. The summed E-state index contributed by atoms with van der Waals surface area (Å²) in [6, 6.07) is 11.0. The van der Waals surface area contributed by atoms with Gasteiger partial charge in [-0.1, -0.05) is 0 Å². The minimum Gasteiger partial charge on any atom is -0.404 e. The van der Waals surface area contributed by atoms with Crippen LogP contribution in [0.15, 0.2) is 50.0 Å². The quantitative estimate of drug-likeness (QED) is 0.462. The topological polar surface area (TPSA) is 120 Å². The monoisotopic (exact) mass is 413 g/mol. The zero-order valence-electron chi connectivity index (χ0n) is 16.6. The van der Waals surface area contributed by atoms with E-state index < -0.39 is 4.92 Å². The lowest BCUT2D eigenvalue weighted by Gasteiger charge is -2.32. The Morgan fingerprint density at radius 1 is 1.17 bits per heavy atom. The Balaban J connectivity index is 1.31. The first-order valence-corrected chi connectivity index (χ1v) is 9.93. The molecule has 4 rings (SSSR count). The van der Waals surface area contributed by atoms with Gasteiger partial charge in [0.05, 0.1) is 12.6 Å². The molecule has 158 valence electrons. The van der Waals surface area contributed by atoms with Crippen LogP contribution >= 0.6 is 0 Å². The molecule has 10 nitrogen and oxygen atoms in total. The zero-order valence-corrected chi connectivity index (χ0v) is 16.6. The van der Waals surface area contributed by atoms with E-state index in [4.69, 9.17) is 8.83 Å². The van der Waals surface area contributed by atoms with Gasteiger partial charge >= 0.3 is 11.6 Å². The highest BCUT2D eigenvalue weighted by molar-refractivity contribution is 5.55. The molecule has 1 aliphatic rings. The Bertz CT molecular complexity index is 1060. The lowest BCUT2D eigenvalue weighted by atomic mass is 9.96. The van der Waals surface area contributed by atoms with Crippen molar-refractivity contribution >= 4 is 17.3 Å². The number of benzene rings is 1. The van der Waals surface area contributed by atoms with Crippen molar-refractivity contribution < 1.29 is 13.8 Å². The fourth-order valence-corrected chi connectivity index (χ4v) is 3.61. The molecule has 0 amide bonds. The number of anilines is 2. The normalized spacial score (nSPS) is 14.8. The largest absolute Gasteiger partial charge is 0.437 e. The van der Waals surface area contributed by atoms with Crippen LogP contribution in [0, 0.1) is 10.1 Å². The molecule has 1 aliphatic heterocycles. The molecule has 0 spiro atoms. The number of piperidine rings is 1. The van der Waals surface area contributed by atoms with Gasteiger partial charge < -0.3 is 19.1 Å². The van der Waals surface area contributed by atoms with Gasteiger partial charge in [-0.3, -0.25) is 10.1 Å². The van der Waals surface area contributed by atoms with Crippen molar-refractivity contribution in [1.29, 1.82) is 0 Å². The van der Waals surface area contributed by atoms with E-state index in [-0.39, 0.29) is 17.6 Å². The standard InChI is InChI=1S/C20H23N5O5/c1-2-24-20(26)30-19(22-24)14-9-11-23(12-10-14)16-5-3-15(4-6-16)21-13-17-7-8-18(29-17)25(27)28/h3-8,14,21H,2,9-13H2,1H3. The highest BCUT2D eigenvalue weighted by Crippen LogP contribution is 2.29. The summed E-state index contributed by atoms with van der Waals surface area (Å²) in [5.74, 6) is 0.567. The van der Waals surface area contributed by atoms with Crippen LogP contribution in [0.5, 0.6) is 0 Å². The second kappa shape index (κ2) is 8.44. The molecule has 0 aliphatic carbocycles. The van der Waals surface area contributed by atoms with Crippen LogP contribution < -0.4 is 16.0 Å². The van der Waals surface area contributed by atoms with Crippen LogP contribution in [-0.4, -0.2) is 27.8 Å². The van der Waals surface area contributed by atoms with E-state index in [1.54, 1.807) is 6.07 Å². The lowest BCUT2D eigenvalue weighted by Crippen LogP contribution is -2.33. The van der Waals surface area contributed by atoms with Crippen LogP contribution in [0.1, 0.15) is 37.3 Å². The number of hydrogen-bond acceptors (Lipinski definition) is 8. The van der Waals surface area contributed by atoms with Gasteiger partial charge in [0.25, 0.3) is 0 Å². The van der Waals surface area contributed by atoms with Crippen molar-refractivity contribution in [3.8, 4) is 0 Å². The van der Waals surface area contributed by atoms with Gasteiger partial charge in [0, 0.05) is 36.9 Å². The first kappa shape index (κ1) is 19.7. The third-order valence-corrected chi connectivity index (χ3v) is 5.29. The van der Waals surface area contributed by atoms with Crippen LogP contribution in [0.2, 0.25) is 0 Å². The van der Waals surface area contributed by atoms with E-state index in [1.807, 2.05) is 31.2 Å². The summed E-state index contributed by atoms with van der Waals surface area (Å²) >= 11 is 0. The highest BCUT2D eigenvalue weighted by Gasteiger charge is 2.25. The van der Waals surface area contributed by atoms with Crippen LogP contribution in [0.3, 0.4) is 0 Å². The second-order valence-corrected chi connectivity index (χ2v) is 7.18. The van der Waals surface area contributed by atoms with E-state index in [9.17, 15) is 14.9 Å².